The van der Waals surface area contributed by atoms with Crippen molar-refractivity contribution in [3.63, 3.8) is 0 Å². The monoisotopic (exact) mass is 197 g/mol. The summed E-state index contributed by atoms with van der Waals surface area (Å²) in [5, 5.41) is 10.4. The Kier molecular flexibility index (Phi) is 3.35. The number of hydrogen-bond acceptors (Lipinski definition) is 4. The molecule has 0 aliphatic heterocycles. The smallest absolute Gasteiger partial charge is 0.285 e. The minimum Gasteiger partial charge on any atom is -0.330 e. The number of rotatable bonds is 4. The van der Waals surface area contributed by atoms with Gasteiger partial charge in [0.2, 0.25) is 0 Å². The molecule has 6 heteroatoms. The summed E-state index contributed by atoms with van der Waals surface area (Å²) < 4.78 is 1.30. The second-order valence-electron chi connectivity index (χ2n) is 2.82. The third kappa shape index (κ3) is 2.40. The van der Waals surface area contributed by atoms with Crippen LogP contribution < -0.4 is 11.3 Å². The van der Waals surface area contributed by atoms with Crippen molar-refractivity contribution < 1.29 is 4.92 Å². The van der Waals surface area contributed by atoms with Crippen LogP contribution in [0.5, 0.6) is 0 Å². The average molecular weight is 197 g/mol. The molecule has 0 fully saturated rings. The summed E-state index contributed by atoms with van der Waals surface area (Å²) in [6, 6.07) is 2.38. The van der Waals surface area contributed by atoms with Crippen LogP contribution in [0, 0.1) is 10.1 Å². The van der Waals surface area contributed by atoms with Crippen molar-refractivity contribution in [3.05, 3.63) is 38.8 Å². The van der Waals surface area contributed by atoms with Crippen molar-refractivity contribution >= 4 is 5.69 Å². The number of nitrogens with zero attached hydrogens (tertiary/aromatic N) is 2. The lowest BCUT2D eigenvalue weighted by atomic mass is 10.3. The standard InChI is InChI=1S/C8H11N3O3/c9-4-1-5-10-6-7(11(13)14)2-3-8(10)12/h2-3,6H,1,4-5,9H2. The molecule has 0 aromatic carbocycles. The van der Waals surface area contributed by atoms with E-state index >= 15 is 0 Å². The molecule has 0 radical (unpaired) electrons. The maximum absolute atomic E-state index is 11.2. The maximum atomic E-state index is 11.2. The minimum absolute atomic E-state index is 0.0818. The molecule has 6 nitrogen and oxygen atoms in total. The first-order chi connectivity index (χ1) is 6.65. The maximum Gasteiger partial charge on any atom is 0.285 e. The van der Waals surface area contributed by atoms with Gasteiger partial charge in [-0.1, -0.05) is 0 Å². The second kappa shape index (κ2) is 4.52. The molecule has 0 bridgehead atoms. The van der Waals surface area contributed by atoms with Crippen molar-refractivity contribution in [2.75, 3.05) is 6.54 Å². The lowest BCUT2D eigenvalue weighted by molar-refractivity contribution is -0.385. The summed E-state index contributed by atoms with van der Waals surface area (Å²) in [5.74, 6) is 0. The quantitative estimate of drug-likeness (QED) is 0.547. The van der Waals surface area contributed by atoms with E-state index in [9.17, 15) is 14.9 Å². The fraction of sp³-hybridized carbons (Fsp3) is 0.375. The number of nitro groups is 1. The van der Waals surface area contributed by atoms with Crippen LogP contribution >= 0.6 is 0 Å². The van der Waals surface area contributed by atoms with E-state index in [1.807, 2.05) is 0 Å². The first kappa shape index (κ1) is 10.4. The van der Waals surface area contributed by atoms with Crippen LogP contribution in [-0.4, -0.2) is 16.0 Å². The molecule has 0 atom stereocenters. The van der Waals surface area contributed by atoms with Gasteiger partial charge in [0.25, 0.3) is 11.2 Å². The predicted octanol–water partition coefficient (Wildman–Crippen LogP) is 0.105. The van der Waals surface area contributed by atoms with E-state index in [2.05, 4.69) is 0 Å². The van der Waals surface area contributed by atoms with Gasteiger partial charge in [0.05, 0.1) is 11.1 Å². The van der Waals surface area contributed by atoms with Gasteiger partial charge in [-0.05, 0) is 13.0 Å². The van der Waals surface area contributed by atoms with Crippen molar-refractivity contribution in [1.82, 2.24) is 4.57 Å². The summed E-state index contributed by atoms with van der Waals surface area (Å²) in [6.45, 7) is 0.867. The molecule has 0 saturated carbocycles. The largest absolute Gasteiger partial charge is 0.330 e. The highest BCUT2D eigenvalue weighted by atomic mass is 16.6. The number of pyridine rings is 1. The SMILES string of the molecule is NCCCn1cc([N+](=O)[O-])ccc1=O. The van der Waals surface area contributed by atoms with E-state index in [-0.39, 0.29) is 11.2 Å². The Morgan fingerprint density at radius 2 is 2.21 bits per heavy atom. The molecule has 1 heterocycles. The van der Waals surface area contributed by atoms with Crippen LogP contribution in [0.25, 0.3) is 0 Å². The van der Waals surface area contributed by atoms with E-state index in [0.717, 1.165) is 0 Å². The Morgan fingerprint density at radius 1 is 1.50 bits per heavy atom. The zero-order chi connectivity index (χ0) is 10.6. The van der Waals surface area contributed by atoms with E-state index in [1.54, 1.807) is 0 Å². The van der Waals surface area contributed by atoms with E-state index in [4.69, 9.17) is 5.73 Å². The van der Waals surface area contributed by atoms with Gasteiger partial charge in [-0.3, -0.25) is 14.9 Å². The molecule has 0 unspecified atom stereocenters. The molecule has 1 rings (SSSR count). The van der Waals surface area contributed by atoms with Gasteiger partial charge >= 0.3 is 0 Å². The van der Waals surface area contributed by atoms with E-state index < -0.39 is 4.92 Å². The third-order valence-electron chi connectivity index (χ3n) is 1.78. The highest BCUT2D eigenvalue weighted by molar-refractivity contribution is 5.24. The Balaban J connectivity index is 2.96. The molecule has 0 aliphatic carbocycles. The van der Waals surface area contributed by atoms with Crippen LogP contribution in [-0.2, 0) is 6.54 Å². The van der Waals surface area contributed by atoms with Gasteiger partial charge < -0.3 is 10.3 Å². The number of nitrogens with two attached hydrogens (primary N) is 1. The van der Waals surface area contributed by atoms with Gasteiger partial charge in [0.1, 0.15) is 0 Å². The Bertz CT molecular complexity index is 386. The van der Waals surface area contributed by atoms with Crippen molar-refractivity contribution in [3.8, 4) is 0 Å². The fourth-order valence-electron chi connectivity index (χ4n) is 1.06. The summed E-state index contributed by atoms with van der Waals surface area (Å²) in [6.07, 6.45) is 1.86. The first-order valence-corrected chi connectivity index (χ1v) is 4.20. The lowest BCUT2D eigenvalue weighted by Crippen LogP contribution is -2.20. The van der Waals surface area contributed by atoms with E-state index in [1.165, 1.54) is 22.9 Å². The van der Waals surface area contributed by atoms with Gasteiger partial charge in [0, 0.05) is 18.7 Å². The summed E-state index contributed by atoms with van der Waals surface area (Å²) in [4.78, 5) is 21.1. The average Bonchev–Trinajstić information content (AvgIpc) is 2.16. The molecule has 0 amide bonds. The van der Waals surface area contributed by atoms with Gasteiger partial charge in [-0.2, -0.15) is 0 Å². The molecule has 14 heavy (non-hydrogen) atoms. The van der Waals surface area contributed by atoms with Gasteiger partial charge in [0.15, 0.2) is 0 Å². The number of aryl methyl sites for hydroxylation is 1. The number of hydrogen-bond donors (Lipinski definition) is 1. The van der Waals surface area contributed by atoms with Crippen molar-refractivity contribution in [1.29, 1.82) is 0 Å². The molecular weight excluding hydrogens is 186 g/mol. The molecular formula is C8H11N3O3. The lowest BCUT2D eigenvalue weighted by Gasteiger charge is -2.02. The van der Waals surface area contributed by atoms with Crippen LogP contribution in [0.2, 0.25) is 0 Å². The van der Waals surface area contributed by atoms with Crippen LogP contribution in [0.3, 0.4) is 0 Å². The Morgan fingerprint density at radius 3 is 2.79 bits per heavy atom. The van der Waals surface area contributed by atoms with E-state index in [0.29, 0.717) is 19.5 Å². The van der Waals surface area contributed by atoms with Crippen LogP contribution in [0.15, 0.2) is 23.1 Å². The molecule has 76 valence electrons. The molecule has 1 aromatic heterocycles. The molecule has 0 aliphatic rings. The molecule has 0 spiro atoms. The fourth-order valence-corrected chi connectivity index (χ4v) is 1.06. The summed E-state index contributed by atoms with van der Waals surface area (Å²) >= 11 is 0. The Hall–Kier alpha value is -1.69. The van der Waals surface area contributed by atoms with Gasteiger partial charge in [-0.25, -0.2) is 0 Å². The normalized spacial score (nSPS) is 10.1. The first-order valence-electron chi connectivity index (χ1n) is 4.20. The van der Waals surface area contributed by atoms with Crippen LogP contribution in [0.1, 0.15) is 6.42 Å². The van der Waals surface area contributed by atoms with Crippen molar-refractivity contribution in [2.24, 2.45) is 5.73 Å². The summed E-state index contributed by atoms with van der Waals surface area (Å²) in [5.41, 5.74) is 4.95. The second-order valence-corrected chi connectivity index (χ2v) is 2.82. The highest BCUT2D eigenvalue weighted by Crippen LogP contribution is 2.06. The zero-order valence-corrected chi connectivity index (χ0v) is 7.55. The predicted molar refractivity (Wildman–Crippen MR) is 51.0 cm³/mol. The summed E-state index contributed by atoms with van der Waals surface area (Å²) in [7, 11) is 0. The third-order valence-corrected chi connectivity index (χ3v) is 1.78. The Labute approximate surface area is 80.1 Å². The molecule has 0 saturated heterocycles. The van der Waals surface area contributed by atoms with Gasteiger partial charge in [-0.15, -0.1) is 0 Å². The number of aromatic nitrogens is 1. The van der Waals surface area contributed by atoms with Crippen molar-refractivity contribution in [2.45, 2.75) is 13.0 Å². The minimum atomic E-state index is -0.529. The van der Waals surface area contributed by atoms with Crippen LogP contribution in [0.4, 0.5) is 5.69 Å². The molecule has 2 N–H and O–H groups in total. The topological polar surface area (TPSA) is 91.2 Å². The molecule has 1 aromatic rings. The highest BCUT2D eigenvalue weighted by Gasteiger charge is 2.06. The zero-order valence-electron chi connectivity index (χ0n) is 7.55.